The Kier molecular flexibility index (Phi) is 5.09. The van der Waals surface area contributed by atoms with E-state index >= 15 is 0 Å². The van der Waals surface area contributed by atoms with Crippen LogP contribution >= 0.6 is 0 Å². The minimum Gasteiger partial charge on any atom is -0.507 e. The summed E-state index contributed by atoms with van der Waals surface area (Å²) in [7, 11) is 0. The highest BCUT2D eigenvalue weighted by molar-refractivity contribution is 6.01. The molecule has 0 aliphatic heterocycles. The third-order valence-electron chi connectivity index (χ3n) is 5.20. The van der Waals surface area contributed by atoms with Gasteiger partial charge in [0, 0.05) is 32.9 Å². The predicted octanol–water partition coefficient (Wildman–Crippen LogP) is 3.42. The SMILES string of the molecule is Nc1c(CC(=O)OC(=O)Cc2cc(O)c3ccccc3c2N)cc(O)c2ccccc12. The molecular weight excluding hydrogens is 396 g/mol. The van der Waals surface area contributed by atoms with Gasteiger partial charge in [-0.2, -0.15) is 0 Å². The van der Waals surface area contributed by atoms with E-state index < -0.39 is 11.9 Å². The van der Waals surface area contributed by atoms with E-state index in [-0.39, 0.29) is 24.3 Å². The molecule has 0 fully saturated rings. The molecule has 4 aromatic carbocycles. The Balaban J connectivity index is 1.51. The Hall–Kier alpha value is -4.26. The maximum absolute atomic E-state index is 12.3. The minimum atomic E-state index is -0.810. The van der Waals surface area contributed by atoms with E-state index in [0.717, 1.165) is 0 Å². The monoisotopic (exact) mass is 416 g/mol. The minimum absolute atomic E-state index is 0.0154. The number of carbonyl (C=O) groups excluding carboxylic acids is 2. The molecule has 0 amide bonds. The number of aromatic hydroxyl groups is 2. The van der Waals surface area contributed by atoms with Gasteiger partial charge in [0.25, 0.3) is 0 Å². The molecular formula is C24H20N2O5. The molecule has 156 valence electrons. The third-order valence-corrected chi connectivity index (χ3v) is 5.20. The zero-order valence-electron chi connectivity index (χ0n) is 16.5. The molecule has 31 heavy (non-hydrogen) atoms. The van der Waals surface area contributed by atoms with Gasteiger partial charge in [-0.15, -0.1) is 0 Å². The Morgan fingerprint density at radius 2 is 1.03 bits per heavy atom. The fourth-order valence-corrected chi connectivity index (χ4v) is 3.67. The largest absolute Gasteiger partial charge is 0.507 e. The molecule has 7 heteroatoms. The second-order valence-electron chi connectivity index (χ2n) is 7.23. The zero-order chi connectivity index (χ0) is 22.1. The number of nitrogens with two attached hydrogens (primary N) is 2. The average molecular weight is 416 g/mol. The summed E-state index contributed by atoms with van der Waals surface area (Å²) in [5.74, 6) is -1.65. The van der Waals surface area contributed by atoms with Crippen molar-refractivity contribution in [2.24, 2.45) is 0 Å². The predicted molar refractivity (Wildman–Crippen MR) is 119 cm³/mol. The van der Waals surface area contributed by atoms with Crippen LogP contribution in [0.3, 0.4) is 0 Å². The molecule has 0 aliphatic rings. The van der Waals surface area contributed by atoms with Gasteiger partial charge in [0.15, 0.2) is 0 Å². The van der Waals surface area contributed by atoms with E-state index in [1.165, 1.54) is 12.1 Å². The standard InChI is InChI=1S/C24H20N2O5/c25-23-13(9-19(27)15-5-1-3-7-17(15)23)11-21(29)31-22(30)12-14-10-20(28)16-6-2-4-8-18(16)24(14)26/h1-10,27-28H,11-12,25-26H2. The summed E-state index contributed by atoms with van der Waals surface area (Å²) in [6.45, 7) is 0. The Bertz CT molecular complexity index is 1240. The molecule has 0 atom stereocenters. The van der Waals surface area contributed by atoms with Crippen molar-refractivity contribution >= 4 is 44.9 Å². The first-order chi connectivity index (χ1) is 14.8. The quantitative estimate of drug-likeness (QED) is 0.173. The maximum atomic E-state index is 12.3. The molecule has 4 rings (SSSR count). The average Bonchev–Trinajstić information content (AvgIpc) is 2.75. The van der Waals surface area contributed by atoms with E-state index in [4.69, 9.17) is 16.2 Å². The van der Waals surface area contributed by atoms with Crippen LogP contribution in [0, 0.1) is 0 Å². The van der Waals surface area contributed by atoms with Crippen LogP contribution in [-0.4, -0.2) is 22.2 Å². The molecule has 0 unspecified atom stereocenters. The number of phenols is 2. The van der Waals surface area contributed by atoms with Crippen LogP contribution in [0.25, 0.3) is 21.5 Å². The van der Waals surface area contributed by atoms with Gasteiger partial charge in [-0.05, 0) is 23.3 Å². The number of hydrogen-bond donors (Lipinski definition) is 4. The Morgan fingerprint density at radius 1 is 0.677 bits per heavy atom. The topological polar surface area (TPSA) is 136 Å². The van der Waals surface area contributed by atoms with E-state index in [1.54, 1.807) is 48.5 Å². The van der Waals surface area contributed by atoms with Gasteiger partial charge >= 0.3 is 11.9 Å². The normalized spacial score (nSPS) is 11.0. The first kappa shape index (κ1) is 20.0. The van der Waals surface area contributed by atoms with Crippen molar-refractivity contribution in [3.63, 3.8) is 0 Å². The van der Waals surface area contributed by atoms with Crippen molar-refractivity contribution in [1.82, 2.24) is 0 Å². The van der Waals surface area contributed by atoms with E-state index in [9.17, 15) is 19.8 Å². The number of phenolic OH excluding ortho intramolecular Hbond substituents is 2. The van der Waals surface area contributed by atoms with E-state index in [2.05, 4.69) is 0 Å². The molecule has 0 heterocycles. The van der Waals surface area contributed by atoms with E-state index in [1.807, 2.05) is 0 Å². The van der Waals surface area contributed by atoms with Crippen molar-refractivity contribution < 1.29 is 24.5 Å². The van der Waals surface area contributed by atoms with Crippen LogP contribution in [0.1, 0.15) is 11.1 Å². The first-order valence-electron chi connectivity index (χ1n) is 9.56. The summed E-state index contributed by atoms with van der Waals surface area (Å²) < 4.78 is 4.92. The Labute approximate surface area is 177 Å². The molecule has 0 saturated heterocycles. The maximum Gasteiger partial charge on any atom is 0.317 e. The molecule has 6 N–H and O–H groups in total. The molecule has 0 radical (unpaired) electrons. The highest BCUT2D eigenvalue weighted by Crippen LogP contribution is 2.34. The van der Waals surface area contributed by atoms with Crippen LogP contribution in [-0.2, 0) is 27.2 Å². The van der Waals surface area contributed by atoms with Crippen LogP contribution in [0.4, 0.5) is 11.4 Å². The lowest BCUT2D eigenvalue weighted by Gasteiger charge is -2.12. The number of ether oxygens (including phenoxy) is 1. The van der Waals surface area contributed by atoms with Gasteiger partial charge in [0.2, 0.25) is 0 Å². The van der Waals surface area contributed by atoms with Crippen LogP contribution in [0.15, 0.2) is 60.7 Å². The number of anilines is 2. The third kappa shape index (κ3) is 3.81. The Morgan fingerprint density at radius 3 is 1.42 bits per heavy atom. The molecule has 7 nitrogen and oxygen atoms in total. The second-order valence-corrected chi connectivity index (χ2v) is 7.23. The van der Waals surface area contributed by atoms with Gasteiger partial charge < -0.3 is 26.4 Å². The van der Waals surface area contributed by atoms with Gasteiger partial charge in [0.05, 0.1) is 12.8 Å². The molecule has 0 spiro atoms. The summed E-state index contributed by atoms with van der Waals surface area (Å²) >= 11 is 0. The molecule has 0 bridgehead atoms. The number of hydrogen-bond acceptors (Lipinski definition) is 7. The fraction of sp³-hybridized carbons (Fsp3) is 0.0833. The summed E-state index contributed by atoms with van der Waals surface area (Å²) in [4.78, 5) is 24.6. The number of nitrogen functional groups attached to an aromatic ring is 2. The lowest BCUT2D eigenvalue weighted by Crippen LogP contribution is -2.17. The van der Waals surface area contributed by atoms with Crippen LogP contribution in [0.2, 0.25) is 0 Å². The van der Waals surface area contributed by atoms with Crippen LogP contribution < -0.4 is 11.5 Å². The zero-order valence-corrected chi connectivity index (χ0v) is 16.5. The number of rotatable bonds is 4. The van der Waals surface area contributed by atoms with Crippen molar-refractivity contribution in [2.75, 3.05) is 11.5 Å². The lowest BCUT2D eigenvalue weighted by atomic mass is 10.0. The number of fused-ring (bicyclic) bond motifs is 2. The molecule has 0 aromatic heterocycles. The highest BCUT2D eigenvalue weighted by Gasteiger charge is 2.18. The lowest BCUT2D eigenvalue weighted by molar-refractivity contribution is -0.158. The molecule has 0 saturated carbocycles. The summed E-state index contributed by atoms with van der Waals surface area (Å²) in [5, 5.41) is 22.7. The summed E-state index contributed by atoms with van der Waals surface area (Å²) in [6, 6.07) is 16.8. The van der Waals surface area contributed by atoms with E-state index in [0.29, 0.717) is 44.0 Å². The van der Waals surface area contributed by atoms with Gasteiger partial charge in [-0.25, -0.2) is 0 Å². The van der Waals surface area contributed by atoms with Crippen molar-refractivity contribution in [2.45, 2.75) is 12.8 Å². The second kappa shape index (κ2) is 7.87. The van der Waals surface area contributed by atoms with Crippen molar-refractivity contribution in [1.29, 1.82) is 0 Å². The van der Waals surface area contributed by atoms with Crippen molar-refractivity contribution in [3.8, 4) is 11.5 Å². The molecule has 0 aliphatic carbocycles. The molecule has 4 aromatic rings. The van der Waals surface area contributed by atoms with Crippen LogP contribution in [0.5, 0.6) is 11.5 Å². The van der Waals surface area contributed by atoms with Gasteiger partial charge in [0.1, 0.15) is 11.5 Å². The van der Waals surface area contributed by atoms with Gasteiger partial charge in [-0.1, -0.05) is 48.5 Å². The summed E-state index contributed by atoms with van der Waals surface area (Å²) in [6.07, 6.45) is -0.567. The fourth-order valence-electron chi connectivity index (χ4n) is 3.67. The number of benzene rings is 4. The van der Waals surface area contributed by atoms with Crippen molar-refractivity contribution in [3.05, 3.63) is 71.8 Å². The highest BCUT2D eigenvalue weighted by atomic mass is 16.6. The van der Waals surface area contributed by atoms with Gasteiger partial charge in [-0.3, -0.25) is 9.59 Å². The first-order valence-corrected chi connectivity index (χ1v) is 9.56. The smallest absolute Gasteiger partial charge is 0.317 e. The summed E-state index contributed by atoms with van der Waals surface area (Å²) in [5.41, 5.74) is 13.6. The number of esters is 2. The number of carbonyl (C=O) groups is 2.